The minimum atomic E-state index is -0.506. The van der Waals surface area contributed by atoms with Gasteiger partial charge in [-0.2, -0.15) is 0 Å². The average Bonchev–Trinajstić information content (AvgIpc) is 3.22. The van der Waals surface area contributed by atoms with Crippen molar-refractivity contribution >= 4 is 70.0 Å². The van der Waals surface area contributed by atoms with E-state index in [1.54, 1.807) is 0 Å². The van der Waals surface area contributed by atoms with Crippen LogP contribution in [0.25, 0.3) is 32.7 Å². The van der Waals surface area contributed by atoms with Gasteiger partial charge < -0.3 is 10.6 Å². The Kier molecular flexibility index (Phi) is 10.7. The summed E-state index contributed by atoms with van der Waals surface area (Å²) in [5.74, 6) is 0. The lowest BCUT2D eigenvalue weighted by molar-refractivity contribution is 1.22. The number of fused-ring (bicyclic) bond motifs is 2. The van der Waals surface area contributed by atoms with Crippen LogP contribution in [0.4, 0.5) is 11.4 Å². The zero-order valence-corrected chi connectivity index (χ0v) is 31.0. The average molecular weight is 709 g/mol. The molecule has 0 saturated heterocycles. The Morgan fingerprint density at radius 2 is 0.615 bits per heavy atom. The standard InChI is InChI=1S/C48H42N2P2/c1-5-19-39(20-6-1)51(40-21-7-2-8-22-40)35-33-49-45-31-29-37-17-13-15-27-43(37)47(45)48-44-28-16-14-18-38(44)30-32-46(48)50-34-36-52(41-23-9-3-10-24-41)42-25-11-4-12-26-42/h1-32,49-50H,33-36H2. The fourth-order valence-corrected chi connectivity index (χ4v) is 11.7. The molecule has 8 aromatic carbocycles. The molecular weight excluding hydrogens is 666 g/mol. The van der Waals surface area contributed by atoms with Crippen LogP contribution in [-0.2, 0) is 0 Å². The highest BCUT2D eigenvalue weighted by molar-refractivity contribution is 7.73. The summed E-state index contributed by atoms with van der Waals surface area (Å²) in [5.41, 5.74) is 4.86. The first-order valence-corrected chi connectivity index (χ1v) is 21.2. The Bertz CT molecular complexity index is 2120. The second-order valence-corrected chi connectivity index (χ2v) is 17.6. The molecular formula is C48H42N2P2. The quantitative estimate of drug-likeness (QED) is 0.117. The molecule has 52 heavy (non-hydrogen) atoms. The van der Waals surface area contributed by atoms with Gasteiger partial charge in [0.25, 0.3) is 0 Å². The summed E-state index contributed by atoms with van der Waals surface area (Å²) in [5, 5.41) is 18.6. The van der Waals surface area contributed by atoms with Gasteiger partial charge in [0.05, 0.1) is 0 Å². The molecule has 0 heterocycles. The van der Waals surface area contributed by atoms with E-state index < -0.39 is 15.8 Å². The van der Waals surface area contributed by atoms with E-state index in [2.05, 4.69) is 205 Å². The Morgan fingerprint density at radius 1 is 0.308 bits per heavy atom. The van der Waals surface area contributed by atoms with Crippen LogP contribution in [0.15, 0.2) is 194 Å². The highest BCUT2D eigenvalue weighted by Crippen LogP contribution is 2.44. The zero-order chi connectivity index (χ0) is 35.0. The first-order chi connectivity index (χ1) is 25.8. The van der Waals surface area contributed by atoms with Gasteiger partial charge in [0.2, 0.25) is 0 Å². The van der Waals surface area contributed by atoms with E-state index in [-0.39, 0.29) is 0 Å². The maximum absolute atomic E-state index is 3.97. The first kappa shape index (κ1) is 33.9. The molecule has 0 radical (unpaired) electrons. The largest absolute Gasteiger partial charge is 0.384 e. The van der Waals surface area contributed by atoms with Crippen LogP contribution in [-0.4, -0.2) is 25.4 Å². The van der Waals surface area contributed by atoms with Crippen molar-refractivity contribution < 1.29 is 0 Å². The Labute approximate surface area is 310 Å². The van der Waals surface area contributed by atoms with E-state index in [4.69, 9.17) is 0 Å². The molecule has 8 aromatic rings. The number of anilines is 2. The second kappa shape index (κ2) is 16.4. The van der Waals surface area contributed by atoms with Crippen molar-refractivity contribution in [2.45, 2.75) is 0 Å². The van der Waals surface area contributed by atoms with Gasteiger partial charge in [-0.3, -0.25) is 0 Å². The smallest absolute Gasteiger partial charge is 0.0427 e. The Balaban J connectivity index is 1.15. The minimum absolute atomic E-state index is 0.506. The van der Waals surface area contributed by atoms with Crippen LogP contribution in [0.1, 0.15) is 0 Å². The summed E-state index contributed by atoms with van der Waals surface area (Å²) in [6.45, 7) is 1.74. The summed E-state index contributed by atoms with van der Waals surface area (Å²) in [7, 11) is -1.01. The molecule has 0 aliphatic heterocycles. The molecule has 2 nitrogen and oxygen atoms in total. The monoisotopic (exact) mass is 708 g/mol. The van der Waals surface area contributed by atoms with E-state index in [9.17, 15) is 0 Å². The van der Waals surface area contributed by atoms with Crippen molar-refractivity contribution in [3.63, 3.8) is 0 Å². The number of hydrogen-bond acceptors (Lipinski definition) is 2. The third-order valence-corrected chi connectivity index (χ3v) is 14.7. The van der Waals surface area contributed by atoms with E-state index in [1.165, 1.54) is 65.3 Å². The van der Waals surface area contributed by atoms with Crippen molar-refractivity contribution in [1.29, 1.82) is 0 Å². The molecule has 8 rings (SSSR count). The molecule has 0 fully saturated rings. The third kappa shape index (κ3) is 7.51. The predicted octanol–water partition coefficient (Wildman–Crippen LogP) is 10.7. The lowest BCUT2D eigenvalue weighted by Crippen LogP contribution is -2.19. The van der Waals surface area contributed by atoms with E-state index in [0.717, 1.165) is 25.4 Å². The number of benzene rings is 8. The molecule has 0 aliphatic carbocycles. The Morgan fingerprint density at radius 3 is 0.962 bits per heavy atom. The number of nitrogens with one attached hydrogen (secondary N) is 2. The molecule has 0 atom stereocenters. The second-order valence-electron chi connectivity index (χ2n) is 12.9. The third-order valence-electron chi connectivity index (χ3n) is 9.68. The molecule has 4 heteroatoms. The molecule has 2 N–H and O–H groups in total. The summed E-state index contributed by atoms with van der Waals surface area (Å²) < 4.78 is 0. The number of rotatable bonds is 13. The summed E-state index contributed by atoms with van der Waals surface area (Å²) in [6.07, 6.45) is 2.08. The topological polar surface area (TPSA) is 24.1 Å². The highest BCUT2D eigenvalue weighted by atomic mass is 31.1. The van der Waals surface area contributed by atoms with Gasteiger partial charge in [0.15, 0.2) is 0 Å². The summed E-state index contributed by atoms with van der Waals surface area (Å²) in [6, 6.07) is 70.9. The predicted molar refractivity (Wildman–Crippen MR) is 232 cm³/mol. The normalized spacial score (nSPS) is 11.3. The van der Waals surface area contributed by atoms with Crippen LogP contribution in [0.5, 0.6) is 0 Å². The van der Waals surface area contributed by atoms with Gasteiger partial charge in [0.1, 0.15) is 0 Å². The molecule has 254 valence electrons. The molecule has 0 unspecified atom stereocenters. The maximum atomic E-state index is 3.97. The van der Waals surface area contributed by atoms with Gasteiger partial charge in [0, 0.05) is 35.6 Å². The van der Waals surface area contributed by atoms with Gasteiger partial charge >= 0.3 is 0 Å². The minimum Gasteiger partial charge on any atom is -0.384 e. The summed E-state index contributed by atoms with van der Waals surface area (Å²) in [4.78, 5) is 0. The molecule has 0 aliphatic rings. The van der Waals surface area contributed by atoms with Crippen molar-refractivity contribution in [3.8, 4) is 11.1 Å². The van der Waals surface area contributed by atoms with Gasteiger partial charge in [-0.1, -0.05) is 182 Å². The van der Waals surface area contributed by atoms with Crippen LogP contribution in [0.3, 0.4) is 0 Å². The van der Waals surface area contributed by atoms with Crippen molar-refractivity contribution in [2.24, 2.45) is 0 Å². The highest BCUT2D eigenvalue weighted by Gasteiger charge is 2.20. The molecule has 0 bridgehead atoms. The molecule has 0 aromatic heterocycles. The fourth-order valence-electron chi connectivity index (χ4n) is 7.23. The van der Waals surface area contributed by atoms with Crippen molar-refractivity contribution in [2.75, 3.05) is 36.0 Å². The van der Waals surface area contributed by atoms with Crippen LogP contribution in [0, 0.1) is 0 Å². The van der Waals surface area contributed by atoms with Crippen molar-refractivity contribution in [3.05, 3.63) is 194 Å². The fraction of sp³-hybridized carbons (Fsp3) is 0.0833. The number of hydrogen-bond donors (Lipinski definition) is 2. The van der Waals surface area contributed by atoms with Crippen LogP contribution >= 0.6 is 15.8 Å². The lowest BCUT2D eigenvalue weighted by atomic mass is 9.91. The molecule has 0 spiro atoms. The Hall–Kier alpha value is -5.26. The zero-order valence-electron chi connectivity index (χ0n) is 29.2. The summed E-state index contributed by atoms with van der Waals surface area (Å²) >= 11 is 0. The van der Waals surface area contributed by atoms with Gasteiger partial charge in [-0.15, -0.1) is 0 Å². The SMILES string of the molecule is c1ccc(P(CCNc2ccc3ccccc3c2-c2c(NCCP(c3ccccc3)c3ccccc3)ccc3ccccc23)c2ccccc2)cc1. The maximum Gasteiger partial charge on any atom is 0.0427 e. The van der Waals surface area contributed by atoms with Crippen LogP contribution in [0.2, 0.25) is 0 Å². The molecule has 0 amide bonds. The first-order valence-electron chi connectivity index (χ1n) is 18.1. The van der Waals surface area contributed by atoms with E-state index >= 15 is 0 Å². The van der Waals surface area contributed by atoms with Gasteiger partial charge in [-0.25, -0.2) is 0 Å². The van der Waals surface area contributed by atoms with Crippen molar-refractivity contribution in [1.82, 2.24) is 0 Å². The van der Waals surface area contributed by atoms with Crippen LogP contribution < -0.4 is 31.9 Å². The lowest BCUT2D eigenvalue weighted by Gasteiger charge is -2.23. The van der Waals surface area contributed by atoms with E-state index in [1.807, 2.05) is 0 Å². The van der Waals surface area contributed by atoms with Gasteiger partial charge in [-0.05, 0) is 83.1 Å². The van der Waals surface area contributed by atoms with E-state index in [0.29, 0.717) is 0 Å². The molecule has 0 saturated carbocycles.